The SMILES string of the molecule is CCCOC(=O)CC(CCC)OC. The van der Waals surface area contributed by atoms with E-state index in [2.05, 4.69) is 6.92 Å². The van der Waals surface area contributed by atoms with Crippen LogP contribution in [0, 0.1) is 0 Å². The molecule has 0 aromatic heterocycles. The van der Waals surface area contributed by atoms with E-state index in [1.54, 1.807) is 7.11 Å². The van der Waals surface area contributed by atoms with Crippen molar-refractivity contribution in [2.75, 3.05) is 13.7 Å². The fourth-order valence-corrected chi connectivity index (χ4v) is 1.09. The van der Waals surface area contributed by atoms with Crippen molar-refractivity contribution >= 4 is 5.97 Å². The molecule has 0 radical (unpaired) electrons. The van der Waals surface area contributed by atoms with Crippen LogP contribution in [-0.4, -0.2) is 25.8 Å². The minimum absolute atomic E-state index is 0.0226. The Morgan fingerprint density at radius 2 is 2.00 bits per heavy atom. The maximum Gasteiger partial charge on any atom is 0.308 e. The molecular weight excluding hydrogens is 168 g/mol. The first-order valence-corrected chi connectivity index (χ1v) is 4.93. The number of carbonyl (C=O) groups excluding carboxylic acids is 1. The number of rotatable bonds is 7. The zero-order chi connectivity index (χ0) is 10.1. The molecule has 1 unspecified atom stereocenters. The highest BCUT2D eigenvalue weighted by Gasteiger charge is 2.12. The molecule has 0 fully saturated rings. The van der Waals surface area contributed by atoms with Gasteiger partial charge in [-0.1, -0.05) is 20.3 Å². The summed E-state index contributed by atoms with van der Waals surface area (Å²) in [4.78, 5) is 11.1. The van der Waals surface area contributed by atoms with Crippen LogP contribution >= 0.6 is 0 Å². The molecule has 0 N–H and O–H groups in total. The number of esters is 1. The van der Waals surface area contributed by atoms with Crippen LogP contribution in [0.3, 0.4) is 0 Å². The van der Waals surface area contributed by atoms with E-state index in [1.807, 2.05) is 6.92 Å². The van der Waals surface area contributed by atoms with Crippen LogP contribution in [0.25, 0.3) is 0 Å². The lowest BCUT2D eigenvalue weighted by Gasteiger charge is -2.12. The summed E-state index contributed by atoms with van der Waals surface area (Å²) in [6.07, 6.45) is 3.22. The monoisotopic (exact) mass is 188 g/mol. The number of hydrogen-bond donors (Lipinski definition) is 0. The van der Waals surface area contributed by atoms with E-state index in [4.69, 9.17) is 9.47 Å². The largest absolute Gasteiger partial charge is 0.466 e. The molecule has 0 bridgehead atoms. The van der Waals surface area contributed by atoms with E-state index in [1.165, 1.54) is 0 Å². The number of hydrogen-bond acceptors (Lipinski definition) is 3. The summed E-state index contributed by atoms with van der Waals surface area (Å²) in [5.74, 6) is -0.151. The molecule has 0 saturated carbocycles. The van der Waals surface area contributed by atoms with Crippen molar-refractivity contribution in [1.82, 2.24) is 0 Å². The fourth-order valence-electron chi connectivity index (χ4n) is 1.09. The molecule has 0 aromatic carbocycles. The summed E-state index contributed by atoms with van der Waals surface area (Å²) < 4.78 is 10.1. The molecule has 0 heterocycles. The Bertz CT molecular complexity index is 134. The standard InChI is InChI=1S/C10H20O3/c1-4-6-9(12-3)8-10(11)13-7-5-2/h9H,4-8H2,1-3H3. The van der Waals surface area contributed by atoms with E-state index >= 15 is 0 Å². The zero-order valence-electron chi connectivity index (χ0n) is 8.84. The average molecular weight is 188 g/mol. The summed E-state index contributed by atoms with van der Waals surface area (Å²) in [5, 5.41) is 0. The number of ether oxygens (including phenoxy) is 2. The van der Waals surface area contributed by atoms with Gasteiger partial charge in [0.1, 0.15) is 0 Å². The second kappa shape index (κ2) is 8.05. The molecule has 1 atom stereocenters. The van der Waals surface area contributed by atoms with E-state index < -0.39 is 0 Å². The fraction of sp³-hybridized carbons (Fsp3) is 0.900. The molecule has 0 aliphatic heterocycles. The van der Waals surface area contributed by atoms with Crippen LogP contribution in [-0.2, 0) is 14.3 Å². The zero-order valence-corrected chi connectivity index (χ0v) is 8.84. The van der Waals surface area contributed by atoms with Gasteiger partial charge < -0.3 is 9.47 Å². The van der Waals surface area contributed by atoms with Gasteiger partial charge in [-0.15, -0.1) is 0 Å². The molecule has 0 aromatic rings. The molecule has 13 heavy (non-hydrogen) atoms. The van der Waals surface area contributed by atoms with Crippen molar-refractivity contribution < 1.29 is 14.3 Å². The Kier molecular flexibility index (Phi) is 7.69. The van der Waals surface area contributed by atoms with Gasteiger partial charge in [-0.2, -0.15) is 0 Å². The second-order valence-electron chi connectivity index (χ2n) is 3.07. The minimum Gasteiger partial charge on any atom is -0.466 e. The molecule has 0 spiro atoms. The first-order valence-electron chi connectivity index (χ1n) is 4.93. The van der Waals surface area contributed by atoms with Gasteiger partial charge in [0, 0.05) is 7.11 Å². The van der Waals surface area contributed by atoms with Gasteiger partial charge in [-0.3, -0.25) is 4.79 Å². The Balaban J connectivity index is 3.60. The topological polar surface area (TPSA) is 35.5 Å². The summed E-state index contributed by atoms with van der Waals surface area (Å²) in [5.41, 5.74) is 0. The van der Waals surface area contributed by atoms with E-state index in [9.17, 15) is 4.79 Å². The van der Waals surface area contributed by atoms with E-state index in [0.717, 1.165) is 19.3 Å². The first-order chi connectivity index (χ1) is 6.24. The van der Waals surface area contributed by atoms with Crippen LogP contribution in [0.2, 0.25) is 0 Å². The van der Waals surface area contributed by atoms with Crippen molar-refractivity contribution in [2.45, 2.75) is 45.6 Å². The van der Waals surface area contributed by atoms with Crippen LogP contribution in [0.5, 0.6) is 0 Å². The van der Waals surface area contributed by atoms with Crippen molar-refractivity contribution in [3.63, 3.8) is 0 Å². The summed E-state index contributed by atoms with van der Waals surface area (Å²) >= 11 is 0. The van der Waals surface area contributed by atoms with Crippen LogP contribution in [0.1, 0.15) is 39.5 Å². The normalized spacial score (nSPS) is 12.5. The van der Waals surface area contributed by atoms with Gasteiger partial charge in [-0.05, 0) is 12.8 Å². The molecule has 0 aliphatic rings. The molecule has 0 aliphatic carbocycles. The Hall–Kier alpha value is -0.570. The highest BCUT2D eigenvalue weighted by molar-refractivity contribution is 5.69. The Morgan fingerprint density at radius 1 is 1.31 bits per heavy atom. The molecular formula is C10H20O3. The Morgan fingerprint density at radius 3 is 2.46 bits per heavy atom. The van der Waals surface area contributed by atoms with E-state index in [0.29, 0.717) is 13.0 Å². The van der Waals surface area contributed by atoms with Crippen molar-refractivity contribution in [3.8, 4) is 0 Å². The van der Waals surface area contributed by atoms with Crippen LogP contribution in [0.15, 0.2) is 0 Å². The maximum atomic E-state index is 11.1. The number of carbonyl (C=O) groups is 1. The van der Waals surface area contributed by atoms with Gasteiger partial charge in [-0.25, -0.2) is 0 Å². The lowest BCUT2D eigenvalue weighted by molar-refractivity contribution is -0.146. The average Bonchev–Trinajstić information content (AvgIpc) is 2.14. The van der Waals surface area contributed by atoms with Crippen molar-refractivity contribution in [2.24, 2.45) is 0 Å². The molecule has 3 heteroatoms. The van der Waals surface area contributed by atoms with Crippen LogP contribution < -0.4 is 0 Å². The van der Waals surface area contributed by atoms with Gasteiger partial charge in [0.15, 0.2) is 0 Å². The molecule has 0 rings (SSSR count). The van der Waals surface area contributed by atoms with Crippen molar-refractivity contribution in [1.29, 1.82) is 0 Å². The highest BCUT2D eigenvalue weighted by Crippen LogP contribution is 2.06. The second-order valence-corrected chi connectivity index (χ2v) is 3.07. The summed E-state index contributed by atoms with van der Waals surface area (Å²) in [7, 11) is 1.63. The van der Waals surface area contributed by atoms with Gasteiger partial charge in [0.2, 0.25) is 0 Å². The van der Waals surface area contributed by atoms with Gasteiger partial charge in [0.05, 0.1) is 19.1 Å². The lowest BCUT2D eigenvalue weighted by Crippen LogP contribution is -2.18. The predicted octanol–water partition coefficient (Wildman–Crippen LogP) is 2.14. The van der Waals surface area contributed by atoms with Gasteiger partial charge in [0.25, 0.3) is 0 Å². The third-order valence-electron chi connectivity index (χ3n) is 1.81. The first kappa shape index (κ1) is 12.4. The third-order valence-corrected chi connectivity index (χ3v) is 1.81. The maximum absolute atomic E-state index is 11.1. The highest BCUT2D eigenvalue weighted by atomic mass is 16.5. The minimum atomic E-state index is -0.151. The predicted molar refractivity (Wildman–Crippen MR) is 51.6 cm³/mol. The van der Waals surface area contributed by atoms with Crippen LogP contribution in [0.4, 0.5) is 0 Å². The summed E-state index contributed by atoms with van der Waals surface area (Å²) in [6.45, 7) is 4.57. The molecule has 0 saturated heterocycles. The van der Waals surface area contributed by atoms with E-state index in [-0.39, 0.29) is 12.1 Å². The smallest absolute Gasteiger partial charge is 0.308 e. The molecule has 3 nitrogen and oxygen atoms in total. The quantitative estimate of drug-likeness (QED) is 0.574. The lowest BCUT2D eigenvalue weighted by atomic mass is 10.1. The van der Waals surface area contributed by atoms with Crippen molar-refractivity contribution in [3.05, 3.63) is 0 Å². The number of methoxy groups -OCH3 is 1. The molecule has 78 valence electrons. The molecule has 0 amide bonds. The Labute approximate surface area is 80.4 Å². The van der Waals surface area contributed by atoms with Gasteiger partial charge >= 0.3 is 5.97 Å². The third kappa shape index (κ3) is 6.58. The summed E-state index contributed by atoms with van der Waals surface area (Å²) in [6, 6.07) is 0.